The van der Waals surface area contributed by atoms with Crippen molar-refractivity contribution < 1.29 is 9.47 Å². The number of hydrogen-bond acceptors (Lipinski definition) is 8. The fourth-order valence-corrected chi connectivity index (χ4v) is 2.96. The minimum Gasteiger partial charge on any atom is -0.493 e. The van der Waals surface area contributed by atoms with Crippen LogP contribution in [-0.4, -0.2) is 34.8 Å². The fraction of sp³-hybridized carbons (Fsp3) is 0.300. The van der Waals surface area contributed by atoms with Crippen LogP contribution in [0.5, 0.6) is 0 Å². The number of ether oxygens (including phenoxy) is 2. The Hall–Kier alpha value is -3.42. The highest BCUT2D eigenvalue weighted by Gasteiger charge is 2.11. The number of nitrogens with one attached hydrogen (secondary N) is 2. The molecular formula is C20H22N6O2. The van der Waals surface area contributed by atoms with E-state index in [1.807, 2.05) is 36.4 Å². The zero-order valence-electron chi connectivity index (χ0n) is 15.4. The third kappa shape index (κ3) is 4.46. The van der Waals surface area contributed by atoms with Crippen LogP contribution in [0, 0.1) is 0 Å². The molecule has 0 bridgehead atoms. The quantitative estimate of drug-likeness (QED) is 0.586. The molecule has 0 radical (unpaired) electrons. The molecule has 2 N–H and O–H groups in total. The van der Waals surface area contributed by atoms with Gasteiger partial charge in [-0.3, -0.25) is 10.9 Å². The normalized spacial score (nSPS) is 21.7. The predicted octanol–water partition coefficient (Wildman–Crippen LogP) is 3.81. The number of rotatable bonds is 6. The topological polar surface area (TPSA) is 93.0 Å². The van der Waals surface area contributed by atoms with Crippen molar-refractivity contribution in [3.8, 4) is 0 Å². The van der Waals surface area contributed by atoms with Gasteiger partial charge in [0.05, 0.1) is 25.0 Å². The maximum absolute atomic E-state index is 5.47. The van der Waals surface area contributed by atoms with E-state index in [9.17, 15) is 0 Å². The van der Waals surface area contributed by atoms with Gasteiger partial charge in [-0.2, -0.15) is 10.2 Å². The van der Waals surface area contributed by atoms with E-state index in [1.165, 1.54) is 0 Å². The molecule has 4 rings (SSSR count). The van der Waals surface area contributed by atoms with E-state index in [4.69, 9.17) is 9.47 Å². The lowest BCUT2D eigenvalue weighted by molar-refractivity contribution is 0.185. The van der Waals surface area contributed by atoms with E-state index in [0.29, 0.717) is 11.6 Å². The zero-order chi connectivity index (χ0) is 19.0. The molecule has 1 aromatic carbocycles. The first-order chi connectivity index (χ1) is 13.9. The lowest BCUT2D eigenvalue weighted by atomic mass is 10.2. The first-order valence-corrected chi connectivity index (χ1v) is 9.35. The summed E-state index contributed by atoms with van der Waals surface area (Å²) in [6.45, 7) is 0. The number of anilines is 2. The Kier molecular flexibility index (Phi) is 5.77. The third-order valence-electron chi connectivity index (χ3n) is 4.44. The van der Waals surface area contributed by atoms with Gasteiger partial charge in [-0.05, 0) is 37.8 Å². The summed E-state index contributed by atoms with van der Waals surface area (Å²) < 4.78 is 10.9. The average Bonchev–Trinajstić information content (AvgIpc) is 2.76. The highest BCUT2D eigenvalue weighted by Crippen LogP contribution is 2.26. The molecule has 28 heavy (non-hydrogen) atoms. The second-order valence-corrected chi connectivity index (χ2v) is 6.47. The minimum absolute atomic E-state index is 0.0242. The van der Waals surface area contributed by atoms with Gasteiger partial charge in [0, 0.05) is 10.8 Å². The molecule has 0 saturated heterocycles. The summed E-state index contributed by atoms with van der Waals surface area (Å²) in [5.41, 5.74) is 5.94. The second-order valence-electron chi connectivity index (χ2n) is 6.47. The van der Waals surface area contributed by atoms with Crippen molar-refractivity contribution >= 4 is 34.8 Å². The van der Waals surface area contributed by atoms with Crippen molar-refractivity contribution in [1.82, 2.24) is 10.2 Å². The van der Waals surface area contributed by atoms with Crippen molar-refractivity contribution in [2.45, 2.75) is 37.9 Å². The van der Waals surface area contributed by atoms with E-state index >= 15 is 0 Å². The van der Waals surface area contributed by atoms with Crippen molar-refractivity contribution in [2.24, 2.45) is 10.2 Å². The highest BCUT2D eigenvalue weighted by atomic mass is 16.5. The van der Waals surface area contributed by atoms with Crippen molar-refractivity contribution in [3.05, 3.63) is 48.9 Å². The molecule has 0 amide bonds. The SMILES string of the molecule is C1=COC(C=NNc2nnc(NN=CC3CCC=CO3)c3ccccc23)CC1. The summed E-state index contributed by atoms with van der Waals surface area (Å²) in [6.07, 6.45) is 14.7. The summed E-state index contributed by atoms with van der Waals surface area (Å²) in [5.74, 6) is 1.15. The molecule has 0 fully saturated rings. The number of nitrogens with zero attached hydrogens (tertiary/aromatic N) is 4. The van der Waals surface area contributed by atoms with Gasteiger partial charge < -0.3 is 9.47 Å². The summed E-state index contributed by atoms with van der Waals surface area (Å²) in [7, 11) is 0. The Labute approximate surface area is 163 Å². The van der Waals surface area contributed by atoms with Gasteiger partial charge in [0.25, 0.3) is 0 Å². The second kappa shape index (κ2) is 8.98. The minimum atomic E-state index is -0.0242. The molecule has 0 aliphatic carbocycles. The van der Waals surface area contributed by atoms with Gasteiger partial charge in [-0.25, -0.2) is 0 Å². The van der Waals surface area contributed by atoms with Crippen LogP contribution < -0.4 is 10.9 Å². The van der Waals surface area contributed by atoms with Crippen molar-refractivity contribution in [3.63, 3.8) is 0 Å². The molecule has 0 spiro atoms. The molecule has 144 valence electrons. The number of aromatic nitrogens is 2. The Morgan fingerprint density at radius 2 is 1.32 bits per heavy atom. The van der Waals surface area contributed by atoms with E-state index in [-0.39, 0.29) is 12.2 Å². The lowest BCUT2D eigenvalue weighted by Crippen LogP contribution is -2.15. The van der Waals surface area contributed by atoms with Crippen LogP contribution in [0.3, 0.4) is 0 Å². The molecular weight excluding hydrogens is 356 g/mol. The van der Waals surface area contributed by atoms with Gasteiger partial charge in [-0.15, -0.1) is 10.2 Å². The van der Waals surface area contributed by atoms with Gasteiger partial charge >= 0.3 is 0 Å². The van der Waals surface area contributed by atoms with Gasteiger partial charge in [0.1, 0.15) is 12.2 Å². The van der Waals surface area contributed by atoms with E-state index in [1.54, 1.807) is 25.0 Å². The zero-order valence-corrected chi connectivity index (χ0v) is 15.4. The van der Waals surface area contributed by atoms with Crippen LogP contribution in [-0.2, 0) is 9.47 Å². The van der Waals surface area contributed by atoms with Crippen LogP contribution in [0.1, 0.15) is 25.7 Å². The van der Waals surface area contributed by atoms with Gasteiger partial charge in [-0.1, -0.05) is 24.3 Å². The van der Waals surface area contributed by atoms with Crippen LogP contribution in [0.25, 0.3) is 10.8 Å². The Morgan fingerprint density at radius 1 is 0.821 bits per heavy atom. The van der Waals surface area contributed by atoms with Crippen molar-refractivity contribution in [1.29, 1.82) is 0 Å². The molecule has 1 aromatic heterocycles. The largest absolute Gasteiger partial charge is 0.493 e. The number of hydrazone groups is 2. The predicted molar refractivity (Wildman–Crippen MR) is 110 cm³/mol. The van der Waals surface area contributed by atoms with E-state index in [2.05, 4.69) is 31.3 Å². The molecule has 2 aliphatic rings. The molecule has 2 aliphatic heterocycles. The maximum atomic E-state index is 5.47. The Balaban J connectivity index is 1.46. The molecule has 2 atom stereocenters. The molecule has 8 heteroatoms. The fourth-order valence-electron chi connectivity index (χ4n) is 2.96. The molecule has 8 nitrogen and oxygen atoms in total. The Bertz CT molecular complexity index is 850. The van der Waals surface area contributed by atoms with Crippen LogP contribution >= 0.6 is 0 Å². The summed E-state index contributed by atoms with van der Waals surface area (Å²) in [4.78, 5) is 0. The van der Waals surface area contributed by atoms with Crippen molar-refractivity contribution in [2.75, 3.05) is 10.9 Å². The van der Waals surface area contributed by atoms with Gasteiger partial charge in [0.2, 0.25) is 0 Å². The smallest absolute Gasteiger partial charge is 0.176 e. The molecule has 2 unspecified atom stereocenters. The lowest BCUT2D eigenvalue weighted by Gasteiger charge is -2.15. The molecule has 2 aromatic rings. The molecule has 0 saturated carbocycles. The number of benzene rings is 1. The highest BCUT2D eigenvalue weighted by molar-refractivity contribution is 5.98. The maximum Gasteiger partial charge on any atom is 0.176 e. The summed E-state index contributed by atoms with van der Waals surface area (Å²) in [5, 5.41) is 18.8. The average molecular weight is 378 g/mol. The standard InChI is InChI=1S/C20H22N6O2/c1-2-10-18-17(9-1)19(23-21-13-15-7-3-5-11-27-15)25-26-20(18)24-22-14-16-8-4-6-12-28-16/h1-2,5-6,9-16H,3-4,7-8H2,(H,23,25)(H,24,26). The first kappa shape index (κ1) is 18.0. The monoisotopic (exact) mass is 378 g/mol. The number of hydrogen-bond donors (Lipinski definition) is 2. The molecule has 3 heterocycles. The van der Waals surface area contributed by atoms with E-state index < -0.39 is 0 Å². The van der Waals surface area contributed by atoms with Crippen LogP contribution in [0.15, 0.2) is 59.1 Å². The third-order valence-corrected chi connectivity index (χ3v) is 4.44. The van der Waals surface area contributed by atoms with Crippen LogP contribution in [0.4, 0.5) is 11.6 Å². The van der Waals surface area contributed by atoms with Crippen LogP contribution in [0.2, 0.25) is 0 Å². The number of allylic oxidation sites excluding steroid dienone is 2. The number of fused-ring (bicyclic) bond motifs is 1. The van der Waals surface area contributed by atoms with E-state index in [0.717, 1.165) is 36.5 Å². The summed E-state index contributed by atoms with van der Waals surface area (Å²) >= 11 is 0. The first-order valence-electron chi connectivity index (χ1n) is 9.35. The summed E-state index contributed by atoms with van der Waals surface area (Å²) in [6, 6.07) is 7.82. The van der Waals surface area contributed by atoms with Gasteiger partial charge in [0.15, 0.2) is 11.6 Å². The Morgan fingerprint density at radius 3 is 1.75 bits per heavy atom.